The molecule has 0 atom stereocenters. The molecule has 3 aromatic rings. The third kappa shape index (κ3) is 4.08. The van der Waals surface area contributed by atoms with Crippen LogP contribution in [-0.2, 0) is 6.18 Å². The van der Waals surface area contributed by atoms with Crippen molar-refractivity contribution >= 4 is 23.1 Å². The summed E-state index contributed by atoms with van der Waals surface area (Å²) in [7, 11) is 0. The molecular weight excluding hydrogens is 343 g/mol. The van der Waals surface area contributed by atoms with Gasteiger partial charge in [0.15, 0.2) is 5.82 Å². The Morgan fingerprint density at radius 1 is 0.962 bits per heavy atom. The number of hydrogen-bond acceptors (Lipinski definition) is 5. The van der Waals surface area contributed by atoms with Crippen LogP contribution in [0.15, 0.2) is 48.7 Å². The minimum Gasteiger partial charge on any atom is -0.339 e. The van der Waals surface area contributed by atoms with Crippen molar-refractivity contribution in [3.05, 3.63) is 65.4 Å². The molecule has 0 saturated carbocycles. The molecule has 8 heteroatoms. The zero-order valence-corrected chi connectivity index (χ0v) is 14.1. The second-order valence-electron chi connectivity index (χ2n) is 5.74. The first kappa shape index (κ1) is 17.7. The van der Waals surface area contributed by atoms with E-state index in [0.717, 1.165) is 28.9 Å². The van der Waals surface area contributed by atoms with Gasteiger partial charge >= 0.3 is 6.18 Å². The Labute approximate surface area is 148 Å². The third-order valence-corrected chi connectivity index (χ3v) is 3.87. The molecule has 0 saturated heterocycles. The van der Waals surface area contributed by atoms with Crippen LogP contribution in [0.25, 0.3) is 0 Å². The second kappa shape index (κ2) is 6.99. The van der Waals surface area contributed by atoms with Crippen LogP contribution in [-0.4, -0.2) is 15.2 Å². The molecule has 0 bridgehead atoms. The zero-order valence-electron chi connectivity index (χ0n) is 14.1. The Bertz CT molecular complexity index is 925. The second-order valence-corrected chi connectivity index (χ2v) is 5.74. The molecule has 0 amide bonds. The van der Waals surface area contributed by atoms with Gasteiger partial charge in [-0.15, -0.1) is 5.10 Å². The van der Waals surface area contributed by atoms with Crippen LogP contribution < -0.4 is 10.6 Å². The SMILES string of the molecule is Cc1cccc(Nc2cnnc(Nc3cccc(C(F)(F)F)c3)n2)c1C. The summed E-state index contributed by atoms with van der Waals surface area (Å²) in [5.74, 6) is 0.530. The van der Waals surface area contributed by atoms with E-state index in [1.54, 1.807) is 0 Å². The summed E-state index contributed by atoms with van der Waals surface area (Å²) in [5.41, 5.74) is 2.54. The van der Waals surface area contributed by atoms with Crippen LogP contribution in [0.5, 0.6) is 0 Å². The van der Waals surface area contributed by atoms with Gasteiger partial charge in [0, 0.05) is 11.4 Å². The van der Waals surface area contributed by atoms with E-state index in [1.807, 2.05) is 32.0 Å². The molecule has 1 aromatic heterocycles. The molecule has 0 spiro atoms. The highest BCUT2D eigenvalue weighted by Gasteiger charge is 2.30. The molecule has 1 heterocycles. The largest absolute Gasteiger partial charge is 0.416 e. The monoisotopic (exact) mass is 359 g/mol. The summed E-state index contributed by atoms with van der Waals surface area (Å²) in [6, 6.07) is 10.6. The third-order valence-electron chi connectivity index (χ3n) is 3.87. The molecule has 0 unspecified atom stereocenters. The lowest BCUT2D eigenvalue weighted by Crippen LogP contribution is -2.06. The van der Waals surface area contributed by atoms with Gasteiger partial charge in [-0.05, 0) is 49.2 Å². The summed E-state index contributed by atoms with van der Waals surface area (Å²) in [5, 5.41) is 13.5. The number of aryl methyl sites for hydroxylation is 1. The van der Waals surface area contributed by atoms with Crippen molar-refractivity contribution in [2.24, 2.45) is 0 Å². The number of anilines is 4. The fraction of sp³-hybridized carbons (Fsp3) is 0.167. The van der Waals surface area contributed by atoms with Crippen molar-refractivity contribution in [2.75, 3.05) is 10.6 Å². The Balaban J connectivity index is 1.81. The van der Waals surface area contributed by atoms with E-state index in [-0.39, 0.29) is 11.6 Å². The summed E-state index contributed by atoms with van der Waals surface area (Å²) in [6.07, 6.45) is -2.97. The van der Waals surface area contributed by atoms with Crippen LogP contribution in [0.3, 0.4) is 0 Å². The van der Waals surface area contributed by atoms with E-state index in [1.165, 1.54) is 18.3 Å². The highest BCUT2D eigenvalue weighted by molar-refractivity contribution is 5.63. The molecule has 0 aliphatic heterocycles. The van der Waals surface area contributed by atoms with Crippen molar-refractivity contribution < 1.29 is 13.2 Å². The van der Waals surface area contributed by atoms with Gasteiger partial charge in [0.1, 0.15) is 0 Å². The van der Waals surface area contributed by atoms with Crippen LogP contribution >= 0.6 is 0 Å². The number of aromatic nitrogens is 3. The molecule has 0 radical (unpaired) electrons. The number of nitrogens with zero attached hydrogens (tertiary/aromatic N) is 3. The quantitative estimate of drug-likeness (QED) is 0.687. The summed E-state index contributed by atoms with van der Waals surface area (Å²) < 4.78 is 38.4. The number of halogens is 3. The molecule has 3 rings (SSSR count). The van der Waals surface area contributed by atoms with Crippen molar-refractivity contribution in [3.8, 4) is 0 Å². The smallest absolute Gasteiger partial charge is 0.339 e. The number of hydrogen-bond donors (Lipinski definition) is 2. The van der Waals surface area contributed by atoms with E-state index < -0.39 is 11.7 Å². The molecule has 5 nitrogen and oxygen atoms in total. The maximum absolute atomic E-state index is 12.8. The highest BCUT2D eigenvalue weighted by atomic mass is 19.4. The topological polar surface area (TPSA) is 62.7 Å². The molecular formula is C18H16F3N5. The molecule has 0 fully saturated rings. The van der Waals surface area contributed by atoms with Crippen molar-refractivity contribution in [2.45, 2.75) is 20.0 Å². The minimum atomic E-state index is -4.41. The first-order valence-corrected chi connectivity index (χ1v) is 7.80. The molecule has 0 aliphatic rings. The standard InChI is InChI=1S/C18H16F3N5/c1-11-5-3-8-15(12(11)2)24-16-10-22-26-17(25-16)23-14-7-4-6-13(9-14)18(19,20)21/h3-10H,1-2H3,(H2,23,24,25,26). The minimum absolute atomic E-state index is 0.0969. The first-order chi connectivity index (χ1) is 12.3. The van der Waals surface area contributed by atoms with Gasteiger partial charge in [-0.25, -0.2) is 0 Å². The average molecular weight is 359 g/mol. The predicted octanol–water partition coefficient (Wildman–Crippen LogP) is 4.99. The lowest BCUT2D eigenvalue weighted by molar-refractivity contribution is -0.137. The average Bonchev–Trinajstić information content (AvgIpc) is 2.59. The highest BCUT2D eigenvalue weighted by Crippen LogP contribution is 2.31. The predicted molar refractivity (Wildman–Crippen MR) is 93.8 cm³/mol. The van der Waals surface area contributed by atoms with Crippen LogP contribution in [0.1, 0.15) is 16.7 Å². The van der Waals surface area contributed by atoms with Gasteiger partial charge in [0.05, 0.1) is 11.8 Å². The number of benzene rings is 2. The number of nitrogens with one attached hydrogen (secondary N) is 2. The fourth-order valence-electron chi connectivity index (χ4n) is 2.34. The van der Waals surface area contributed by atoms with Gasteiger partial charge in [-0.1, -0.05) is 18.2 Å². The van der Waals surface area contributed by atoms with Gasteiger partial charge in [-0.3, -0.25) is 0 Å². The molecule has 0 aliphatic carbocycles. The van der Waals surface area contributed by atoms with E-state index in [0.29, 0.717) is 5.82 Å². The summed E-state index contributed by atoms with van der Waals surface area (Å²) in [4.78, 5) is 4.25. The fourth-order valence-corrected chi connectivity index (χ4v) is 2.34. The molecule has 2 aromatic carbocycles. The lowest BCUT2D eigenvalue weighted by Gasteiger charge is -2.12. The van der Waals surface area contributed by atoms with Gasteiger partial charge < -0.3 is 10.6 Å². The van der Waals surface area contributed by atoms with Crippen molar-refractivity contribution in [1.29, 1.82) is 0 Å². The van der Waals surface area contributed by atoms with Crippen LogP contribution in [0, 0.1) is 13.8 Å². The van der Waals surface area contributed by atoms with Crippen molar-refractivity contribution in [3.63, 3.8) is 0 Å². The van der Waals surface area contributed by atoms with E-state index in [9.17, 15) is 13.2 Å². The lowest BCUT2D eigenvalue weighted by atomic mass is 10.1. The van der Waals surface area contributed by atoms with Gasteiger partial charge in [0.2, 0.25) is 5.95 Å². The van der Waals surface area contributed by atoms with Crippen LogP contribution in [0.4, 0.5) is 36.3 Å². The Morgan fingerprint density at radius 3 is 2.50 bits per heavy atom. The van der Waals surface area contributed by atoms with Gasteiger partial charge in [0.25, 0.3) is 0 Å². The van der Waals surface area contributed by atoms with E-state index in [4.69, 9.17) is 0 Å². The normalized spacial score (nSPS) is 11.3. The summed E-state index contributed by atoms with van der Waals surface area (Å²) >= 11 is 0. The van der Waals surface area contributed by atoms with E-state index >= 15 is 0 Å². The zero-order chi connectivity index (χ0) is 18.7. The Morgan fingerprint density at radius 2 is 1.73 bits per heavy atom. The number of rotatable bonds is 4. The molecule has 134 valence electrons. The van der Waals surface area contributed by atoms with Gasteiger partial charge in [-0.2, -0.15) is 23.3 Å². The van der Waals surface area contributed by atoms with Crippen LogP contribution in [0.2, 0.25) is 0 Å². The number of alkyl halides is 3. The molecule has 26 heavy (non-hydrogen) atoms. The maximum atomic E-state index is 12.8. The summed E-state index contributed by atoms with van der Waals surface area (Å²) in [6.45, 7) is 3.98. The van der Waals surface area contributed by atoms with Crippen molar-refractivity contribution in [1.82, 2.24) is 15.2 Å². The molecule has 2 N–H and O–H groups in total. The maximum Gasteiger partial charge on any atom is 0.416 e. The Hall–Kier alpha value is -3.16. The first-order valence-electron chi connectivity index (χ1n) is 7.80. The Kier molecular flexibility index (Phi) is 4.75. The van der Waals surface area contributed by atoms with E-state index in [2.05, 4.69) is 25.8 Å².